The van der Waals surface area contributed by atoms with E-state index in [1.54, 1.807) is 35.9 Å². The Hall–Kier alpha value is -3.20. The number of imidazole rings is 1. The lowest BCUT2D eigenvalue weighted by molar-refractivity contribution is -0.143. The summed E-state index contributed by atoms with van der Waals surface area (Å²) in [5.41, 5.74) is 1.70. The molecule has 0 radical (unpaired) electrons. The molecule has 1 aromatic carbocycles. The molecule has 0 saturated carbocycles. The second kappa shape index (κ2) is 6.96. The molecular weight excluding hydrogens is 340 g/mol. The fourth-order valence-electron chi connectivity index (χ4n) is 2.84. The number of hydrogen-bond donors (Lipinski definition) is 2. The van der Waals surface area contributed by atoms with Gasteiger partial charge in [-0.15, -0.1) is 0 Å². The number of methoxy groups -OCH3 is 1. The number of esters is 1. The zero-order chi connectivity index (χ0) is 18.8. The molecule has 3 rings (SSSR count). The lowest BCUT2D eigenvalue weighted by Crippen LogP contribution is -2.44. The van der Waals surface area contributed by atoms with Gasteiger partial charge in [-0.25, -0.2) is 9.78 Å². The van der Waals surface area contributed by atoms with Crippen LogP contribution in [0.4, 0.5) is 0 Å². The number of carbonyl (C=O) groups excluding carboxylic acids is 3. The van der Waals surface area contributed by atoms with Gasteiger partial charge < -0.3 is 20.1 Å². The molecule has 0 bridgehead atoms. The van der Waals surface area contributed by atoms with E-state index in [0.717, 1.165) is 7.11 Å². The minimum atomic E-state index is -1.19. The Morgan fingerprint density at radius 3 is 2.81 bits per heavy atom. The highest BCUT2D eigenvalue weighted by Gasteiger charge is 2.30. The van der Waals surface area contributed by atoms with Gasteiger partial charge >= 0.3 is 5.97 Å². The third-order valence-electron chi connectivity index (χ3n) is 4.18. The van der Waals surface area contributed by atoms with E-state index < -0.39 is 24.5 Å². The summed E-state index contributed by atoms with van der Waals surface area (Å²) in [4.78, 5) is 42.3. The molecule has 136 valence electrons. The van der Waals surface area contributed by atoms with Crippen LogP contribution < -0.4 is 5.32 Å². The maximum absolute atomic E-state index is 12.6. The molecule has 0 spiro atoms. The molecule has 9 nitrogen and oxygen atoms in total. The molecule has 9 heteroatoms. The Kier molecular flexibility index (Phi) is 4.72. The number of fused-ring (bicyclic) bond motifs is 3. The molecule has 1 atom stereocenters. The predicted octanol–water partition coefficient (Wildman–Crippen LogP) is -0.278. The fourth-order valence-corrected chi connectivity index (χ4v) is 2.84. The Morgan fingerprint density at radius 1 is 1.38 bits per heavy atom. The molecule has 2 heterocycles. The molecule has 26 heavy (non-hydrogen) atoms. The van der Waals surface area contributed by atoms with Gasteiger partial charge in [-0.05, 0) is 12.1 Å². The van der Waals surface area contributed by atoms with Gasteiger partial charge in [-0.2, -0.15) is 0 Å². The number of aliphatic hydroxyl groups excluding tert-OH is 1. The second-order valence-electron chi connectivity index (χ2n) is 5.82. The van der Waals surface area contributed by atoms with Crippen LogP contribution in [0.3, 0.4) is 0 Å². The molecule has 0 fully saturated rings. The van der Waals surface area contributed by atoms with Crippen molar-refractivity contribution in [2.24, 2.45) is 0 Å². The largest absolute Gasteiger partial charge is 0.467 e. The van der Waals surface area contributed by atoms with Crippen LogP contribution in [0.15, 0.2) is 30.6 Å². The van der Waals surface area contributed by atoms with Gasteiger partial charge in [-0.3, -0.25) is 14.2 Å². The summed E-state index contributed by atoms with van der Waals surface area (Å²) in [7, 11) is 2.80. The number of rotatable bonds is 4. The van der Waals surface area contributed by atoms with Crippen molar-refractivity contribution >= 4 is 17.8 Å². The van der Waals surface area contributed by atoms with Crippen molar-refractivity contribution in [1.82, 2.24) is 19.8 Å². The van der Waals surface area contributed by atoms with Crippen molar-refractivity contribution in [3.63, 3.8) is 0 Å². The monoisotopic (exact) mass is 358 g/mol. The van der Waals surface area contributed by atoms with E-state index in [1.165, 1.54) is 11.2 Å². The van der Waals surface area contributed by atoms with Gasteiger partial charge in [0, 0.05) is 7.05 Å². The van der Waals surface area contributed by atoms with Crippen LogP contribution in [0.5, 0.6) is 0 Å². The Labute approximate surface area is 149 Å². The Morgan fingerprint density at radius 2 is 2.12 bits per heavy atom. The summed E-state index contributed by atoms with van der Waals surface area (Å²) in [6, 6.07) is 5.84. The highest BCUT2D eigenvalue weighted by molar-refractivity contribution is 6.00. The minimum absolute atomic E-state index is 0.0729. The molecular formula is C17H18N4O5. The lowest BCUT2D eigenvalue weighted by Gasteiger charge is -2.16. The van der Waals surface area contributed by atoms with E-state index >= 15 is 0 Å². The van der Waals surface area contributed by atoms with Crippen molar-refractivity contribution in [1.29, 1.82) is 0 Å². The number of aromatic nitrogens is 2. The lowest BCUT2D eigenvalue weighted by atomic mass is 10.1. The average molecular weight is 358 g/mol. The first-order valence-corrected chi connectivity index (χ1v) is 7.88. The quantitative estimate of drug-likeness (QED) is 0.727. The molecule has 2 N–H and O–H groups in total. The zero-order valence-electron chi connectivity index (χ0n) is 14.3. The topological polar surface area (TPSA) is 114 Å². The normalized spacial score (nSPS) is 14.1. The van der Waals surface area contributed by atoms with Gasteiger partial charge in [0.2, 0.25) is 0 Å². The van der Waals surface area contributed by atoms with Crippen molar-refractivity contribution in [2.45, 2.75) is 12.6 Å². The van der Waals surface area contributed by atoms with E-state index in [1.807, 2.05) is 0 Å². The minimum Gasteiger partial charge on any atom is -0.467 e. The van der Waals surface area contributed by atoms with Crippen molar-refractivity contribution in [3.8, 4) is 5.69 Å². The third kappa shape index (κ3) is 2.93. The zero-order valence-corrected chi connectivity index (χ0v) is 14.3. The smallest absolute Gasteiger partial charge is 0.330 e. The first-order valence-electron chi connectivity index (χ1n) is 7.88. The number of benzene rings is 1. The maximum Gasteiger partial charge on any atom is 0.330 e. The maximum atomic E-state index is 12.6. The molecule has 2 amide bonds. The number of ether oxygens (including phenoxy) is 1. The Bertz CT molecular complexity index is 876. The Balaban J connectivity index is 2.00. The molecule has 2 aromatic rings. The number of hydrogen-bond acceptors (Lipinski definition) is 6. The summed E-state index contributed by atoms with van der Waals surface area (Å²) < 4.78 is 6.22. The summed E-state index contributed by atoms with van der Waals surface area (Å²) in [5, 5.41) is 11.7. The van der Waals surface area contributed by atoms with Crippen LogP contribution in [0.2, 0.25) is 0 Å². The molecule has 1 aromatic heterocycles. The number of carbonyl (C=O) groups is 3. The van der Waals surface area contributed by atoms with Crippen LogP contribution in [-0.2, 0) is 16.1 Å². The number of nitrogens with zero attached hydrogens (tertiary/aromatic N) is 3. The van der Waals surface area contributed by atoms with Gasteiger partial charge in [0.05, 0.1) is 37.2 Å². The molecule has 0 aliphatic carbocycles. The van der Waals surface area contributed by atoms with E-state index in [4.69, 9.17) is 0 Å². The van der Waals surface area contributed by atoms with Gasteiger partial charge in [0.25, 0.3) is 11.8 Å². The highest BCUT2D eigenvalue weighted by Crippen LogP contribution is 2.25. The SMILES string of the molecule is COC(=O)[C@H](CO)NC(=O)c1ncn2c1CN(C)C(=O)c1ccccc1-2. The predicted molar refractivity (Wildman–Crippen MR) is 89.7 cm³/mol. The van der Waals surface area contributed by atoms with Gasteiger partial charge in [0.1, 0.15) is 6.33 Å². The highest BCUT2D eigenvalue weighted by atomic mass is 16.5. The molecule has 0 saturated heterocycles. The third-order valence-corrected chi connectivity index (χ3v) is 4.18. The van der Waals surface area contributed by atoms with E-state index in [9.17, 15) is 19.5 Å². The standard InChI is InChI=1S/C17H18N4O5/c1-20-7-13-14(15(23)19-11(8-22)17(25)26-2)18-9-21(13)12-6-4-3-5-10(12)16(20)24/h3-6,9,11,22H,7-8H2,1-2H3,(H,19,23)/t11-/m0/s1. The van der Waals surface area contributed by atoms with Crippen LogP contribution in [-0.4, -0.2) is 64.1 Å². The molecule has 1 aliphatic rings. The summed E-state index contributed by atoms with van der Waals surface area (Å²) >= 11 is 0. The second-order valence-corrected chi connectivity index (χ2v) is 5.82. The van der Waals surface area contributed by atoms with Crippen molar-refractivity contribution in [2.75, 3.05) is 20.8 Å². The van der Waals surface area contributed by atoms with Crippen LogP contribution in [0.25, 0.3) is 5.69 Å². The average Bonchev–Trinajstić information content (AvgIpc) is 3.03. The summed E-state index contributed by atoms with van der Waals surface area (Å²) in [5.74, 6) is -1.56. The summed E-state index contributed by atoms with van der Waals surface area (Å²) in [6.07, 6.45) is 1.46. The fraction of sp³-hybridized carbons (Fsp3) is 0.294. The first kappa shape index (κ1) is 17.6. The van der Waals surface area contributed by atoms with Crippen LogP contribution in [0, 0.1) is 0 Å². The van der Waals surface area contributed by atoms with Crippen molar-refractivity contribution < 1.29 is 24.2 Å². The van der Waals surface area contributed by atoms with Crippen LogP contribution in [0.1, 0.15) is 26.5 Å². The molecule has 1 aliphatic heterocycles. The summed E-state index contributed by atoms with van der Waals surface area (Å²) in [6.45, 7) is -0.437. The molecule has 0 unspecified atom stereocenters. The number of amides is 2. The number of nitrogens with one attached hydrogen (secondary N) is 1. The van der Waals surface area contributed by atoms with E-state index in [2.05, 4.69) is 15.0 Å². The van der Waals surface area contributed by atoms with Gasteiger partial charge in [-0.1, -0.05) is 12.1 Å². The van der Waals surface area contributed by atoms with Gasteiger partial charge in [0.15, 0.2) is 11.7 Å². The number of para-hydroxylation sites is 1. The van der Waals surface area contributed by atoms with Crippen LogP contribution >= 0.6 is 0 Å². The van der Waals surface area contributed by atoms with Crippen molar-refractivity contribution in [3.05, 3.63) is 47.5 Å². The van der Waals surface area contributed by atoms with E-state index in [0.29, 0.717) is 16.9 Å². The first-order chi connectivity index (χ1) is 12.5. The number of aliphatic hydroxyl groups is 1. The van der Waals surface area contributed by atoms with E-state index in [-0.39, 0.29) is 18.1 Å².